The lowest BCUT2D eigenvalue weighted by Crippen LogP contribution is -2.39. The number of rotatable bonds is 4. The summed E-state index contributed by atoms with van der Waals surface area (Å²) in [5, 5.41) is 20.1. The molecule has 1 aliphatic carbocycles. The standard InChI is InChI=1S/C12H21NO4/c14-10(12(16)17)8-13-11(15)9-6-4-2-1-3-5-7-9/h9-10,14H,1-8H2,(H,13,15)(H,16,17). The van der Waals surface area contributed by atoms with Crippen LogP contribution in [0.15, 0.2) is 0 Å². The van der Waals surface area contributed by atoms with Gasteiger partial charge in [0.15, 0.2) is 6.10 Å². The molecular formula is C12H21NO4. The Morgan fingerprint density at radius 1 is 1.12 bits per heavy atom. The van der Waals surface area contributed by atoms with Gasteiger partial charge in [0, 0.05) is 5.92 Å². The zero-order valence-electron chi connectivity index (χ0n) is 10.0. The lowest BCUT2D eigenvalue weighted by atomic mass is 9.90. The molecule has 1 aliphatic rings. The quantitative estimate of drug-likeness (QED) is 0.685. The van der Waals surface area contributed by atoms with Crippen LogP contribution in [0.25, 0.3) is 0 Å². The first-order valence-electron chi connectivity index (χ1n) is 6.30. The molecule has 98 valence electrons. The van der Waals surface area contributed by atoms with Crippen molar-refractivity contribution in [3.63, 3.8) is 0 Å². The molecule has 1 atom stereocenters. The molecule has 0 spiro atoms. The van der Waals surface area contributed by atoms with Crippen molar-refractivity contribution in [2.45, 2.75) is 51.0 Å². The zero-order valence-corrected chi connectivity index (χ0v) is 10.0. The number of nitrogens with one attached hydrogen (secondary N) is 1. The monoisotopic (exact) mass is 243 g/mol. The van der Waals surface area contributed by atoms with Gasteiger partial charge in [-0.25, -0.2) is 4.79 Å². The Kier molecular flexibility index (Phi) is 5.97. The van der Waals surface area contributed by atoms with E-state index >= 15 is 0 Å². The number of carbonyl (C=O) groups excluding carboxylic acids is 1. The average molecular weight is 243 g/mol. The summed E-state index contributed by atoms with van der Waals surface area (Å²) in [7, 11) is 0. The summed E-state index contributed by atoms with van der Waals surface area (Å²) in [4.78, 5) is 22.2. The Balaban J connectivity index is 2.32. The normalized spacial score (nSPS) is 20.1. The van der Waals surface area contributed by atoms with Gasteiger partial charge in [-0.05, 0) is 12.8 Å². The number of carboxylic acids is 1. The van der Waals surface area contributed by atoms with Gasteiger partial charge in [-0.1, -0.05) is 32.1 Å². The molecule has 5 heteroatoms. The van der Waals surface area contributed by atoms with Crippen molar-refractivity contribution in [3.8, 4) is 0 Å². The number of hydrogen-bond donors (Lipinski definition) is 3. The van der Waals surface area contributed by atoms with Crippen molar-refractivity contribution in [1.82, 2.24) is 5.32 Å². The second kappa shape index (κ2) is 7.27. The van der Waals surface area contributed by atoms with E-state index in [0.29, 0.717) is 0 Å². The van der Waals surface area contributed by atoms with E-state index < -0.39 is 12.1 Å². The zero-order chi connectivity index (χ0) is 12.7. The SMILES string of the molecule is O=C(O)C(O)CNC(=O)C1CCCCCCC1. The summed E-state index contributed by atoms with van der Waals surface area (Å²) in [5.74, 6) is -1.44. The van der Waals surface area contributed by atoms with E-state index in [2.05, 4.69) is 5.32 Å². The van der Waals surface area contributed by atoms with E-state index in [9.17, 15) is 9.59 Å². The number of carboxylic acid groups (broad SMARTS) is 1. The van der Waals surface area contributed by atoms with Gasteiger partial charge in [0.05, 0.1) is 6.54 Å². The van der Waals surface area contributed by atoms with Crippen LogP contribution in [0.2, 0.25) is 0 Å². The smallest absolute Gasteiger partial charge is 0.334 e. The van der Waals surface area contributed by atoms with Crippen molar-refractivity contribution in [3.05, 3.63) is 0 Å². The number of aliphatic hydroxyl groups is 1. The van der Waals surface area contributed by atoms with Crippen LogP contribution in [-0.2, 0) is 9.59 Å². The largest absolute Gasteiger partial charge is 0.479 e. The minimum atomic E-state index is -1.51. The molecule has 0 heterocycles. The highest BCUT2D eigenvalue weighted by Crippen LogP contribution is 2.22. The Morgan fingerprint density at radius 3 is 2.18 bits per heavy atom. The maximum atomic E-state index is 11.8. The lowest BCUT2D eigenvalue weighted by Gasteiger charge is -2.19. The molecule has 17 heavy (non-hydrogen) atoms. The number of aliphatic carboxylic acids is 1. The van der Waals surface area contributed by atoms with Gasteiger partial charge in [0.25, 0.3) is 0 Å². The third-order valence-electron chi connectivity index (χ3n) is 3.23. The predicted molar refractivity (Wildman–Crippen MR) is 62.5 cm³/mol. The topological polar surface area (TPSA) is 86.6 Å². The van der Waals surface area contributed by atoms with Crippen LogP contribution in [0.5, 0.6) is 0 Å². The highest BCUT2D eigenvalue weighted by atomic mass is 16.4. The van der Waals surface area contributed by atoms with Gasteiger partial charge in [-0.2, -0.15) is 0 Å². The maximum absolute atomic E-state index is 11.8. The minimum Gasteiger partial charge on any atom is -0.479 e. The number of amides is 1. The summed E-state index contributed by atoms with van der Waals surface area (Å²) in [6.45, 7) is -0.204. The summed E-state index contributed by atoms with van der Waals surface area (Å²) in [6.07, 6.45) is 5.92. The Morgan fingerprint density at radius 2 is 1.65 bits per heavy atom. The van der Waals surface area contributed by atoms with Crippen LogP contribution >= 0.6 is 0 Å². The summed E-state index contributed by atoms with van der Waals surface area (Å²) in [5.41, 5.74) is 0. The van der Waals surface area contributed by atoms with Crippen molar-refractivity contribution < 1.29 is 19.8 Å². The molecule has 0 aromatic heterocycles. The van der Waals surface area contributed by atoms with Crippen molar-refractivity contribution in [2.24, 2.45) is 5.92 Å². The number of hydrogen-bond acceptors (Lipinski definition) is 3. The fourth-order valence-electron chi connectivity index (χ4n) is 2.15. The number of aliphatic hydroxyl groups excluding tert-OH is 1. The van der Waals surface area contributed by atoms with E-state index in [1.807, 2.05) is 0 Å². The first kappa shape index (κ1) is 14.0. The van der Waals surface area contributed by atoms with Crippen LogP contribution in [0.3, 0.4) is 0 Å². The molecule has 5 nitrogen and oxygen atoms in total. The van der Waals surface area contributed by atoms with Crippen LogP contribution < -0.4 is 5.32 Å². The highest BCUT2D eigenvalue weighted by Gasteiger charge is 2.21. The molecule has 0 bridgehead atoms. The molecule has 1 fully saturated rings. The van der Waals surface area contributed by atoms with Crippen LogP contribution in [0.1, 0.15) is 44.9 Å². The van der Waals surface area contributed by atoms with E-state index in [1.165, 1.54) is 19.3 Å². The van der Waals surface area contributed by atoms with Gasteiger partial charge in [-0.15, -0.1) is 0 Å². The van der Waals surface area contributed by atoms with Crippen LogP contribution in [0, 0.1) is 5.92 Å². The summed E-state index contributed by atoms with van der Waals surface area (Å²) >= 11 is 0. The van der Waals surface area contributed by atoms with Crippen LogP contribution in [-0.4, -0.2) is 34.7 Å². The van der Waals surface area contributed by atoms with Gasteiger partial charge in [-0.3, -0.25) is 4.79 Å². The van der Waals surface area contributed by atoms with Gasteiger partial charge in [0.1, 0.15) is 0 Å². The molecule has 1 unspecified atom stereocenters. The molecule has 1 amide bonds. The molecule has 0 aromatic rings. The predicted octanol–water partition coefficient (Wildman–Crippen LogP) is 0.909. The van der Waals surface area contributed by atoms with Crippen LogP contribution in [0.4, 0.5) is 0 Å². The third kappa shape index (κ3) is 5.17. The molecule has 0 saturated heterocycles. The van der Waals surface area contributed by atoms with E-state index in [1.54, 1.807) is 0 Å². The first-order chi connectivity index (χ1) is 8.11. The fourth-order valence-corrected chi connectivity index (χ4v) is 2.15. The fraction of sp³-hybridized carbons (Fsp3) is 0.833. The summed E-state index contributed by atoms with van der Waals surface area (Å²) < 4.78 is 0. The molecule has 1 saturated carbocycles. The Hall–Kier alpha value is -1.10. The molecule has 1 rings (SSSR count). The minimum absolute atomic E-state index is 0.0173. The van der Waals surface area contributed by atoms with Crippen molar-refractivity contribution >= 4 is 11.9 Å². The second-order valence-electron chi connectivity index (χ2n) is 4.64. The van der Waals surface area contributed by atoms with Gasteiger partial charge < -0.3 is 15.5 Å². The van der Waals surface area contributed by atoms with E-state index in [4.69, 9.17) is 10.2 Å². The van der Waals surface area contributed by atoms with Crippen molar-refractivity contribution in [2.75, 3.05) is 6.54 Å². The molecular weight excluding hydrogens is 222 g/mol. The maximum Gasteiger partial charge on any atom is 0.334 e. The van der Waals surface area contributed by atoms with Gasteiger partial charge >= 0.3 is 5.97 Å². The highest BCUT2D eigenvalue weighted by molar-refractivity contribution is 5.80. The first-order valence-corrected chi connectivity index (χ1v) is 6.30. The molecule has 0 aliphatic heterocycles. The molecule has 3 N–H and O–H groups in total. The molecule has 0 radical (unpaired) electrons. The third-order valence-corrected chi connectivity index (χ3v) is 3.23. The summed E-state index contributed by atoms with van der Waals surface area (Å²) in [6, 6.07) is 0. The Labute approximate surface area is 101 Å². The van der Waals surface area contributed by atoms with E-state index in [-0.39, 0.29) is 18.4 Å². The second-order valence-corrected chi connectivity index (χ2v) is 4.64. The lowest BCUT2D eigenvalue weighted by molar-refractivity contribution is -0.146. The average Bonchev–Trinajstić information content (AvgIpc) is 2.24. The van der Waals surface area contributed by atoms with E-state index in [0.717, 1.165) is 25.7 Å². The van der Waals surface area contributed by atoms with Gasteiger partial charge in [0.2, 0.25) is 5.91 Å². The Bertz CT molecular complexity index is 259. The number of carbonyl (C=O) groups is 2. The van der Waals surface area contributed by atoms with Crippen molar-refractivity contribution in [1.29, 1.82) is 0 Å². The molecule has 0 aromatic carbocycles.